The maximum absolute atomic E-state index is 12.8. The van der Waals surface area contributed by atoms with Crippen molar-refractivity contribution in [1.29, 1.82) is 0 Å². The third kappa shape index (κ3) is 2.80. The Balaban J connectivity index is 1.72. The van der Waals surface area contributed by atoms with Crippen LogP contribution in [0.15, 0.2) is 28.9 Å². The second-order valence-electron chi connectivity index (χ2n) is 6.16. The van der Waals surface area contributed by atoms with Crippen molar-refractivity contribution in [3.05, 3.63) is 41.6 Å². The van der Waals surface area contributed by atoms with E-state index >= 15 is 0 Å². The zero-order valence-electron chi connectivity index (χ0n) is 13.5. The largest absolute Gasteiger partial charge is 0.466 e. The fraction of sp³-hybridized carbons (Fsp3) is 0.529. The van der Waals surface area contributed by atoms with E-state index < -0.39 is 0 Å². The van der Waals surface area contributed by atoms with E-state index in [0.29, 0.717) is 0 Å². The number of likely N-dealkylation sites (tertiary alicyclic amines) is 1. The highest BCUT2D eigenvalue weighted by Crippen LogP contribution is 2.28. The van der Waals surface area contributed by atoms with Crippen LogP contribution >= 0.6 is 0 Å². The Morgan fingerprint density at radius 1 is 1.45 bits per heavy atom. The minimum Gasteiger partial charge on any atom is -0.466 e. The number of furan rings is 1. The van der Waals surface area contributed by atoms with Crippen molar-refractivity contribution in [2.75, 3.05) is 13.1 Å². The van der Waals surface area contributed by atoms with Crippen LogP contribution in [-0.2, 0) is 4.79 Å². The van der Waals surface area contributed by atoms with Crippen LogP contribution in [0.2, 0.25) is 0 Å². The number of hydrogen-bond donors (Lipinski definition) is 0. The van der Waals surface area contributed by atoms with Gasteiger partial charge in [-0.3, -0.25) is 9.48 Å². The normalized spacial score (nSPS) is 20.1. The molecule has 22 heavy (non-hydrogen) atoms. The van der Waals surface area contributed by atoms with Gasteiger partial charge in [-0.15, -0.1) is 0 Å². The van der Waals surface area contributed by atoms with Gasteiger partial charge in [0.15, 0.2) is 0 Å². The van der Waals surface area contributed by atoms with E-state index in [0.717, 1.165) is 43.0 Å². The molecule has 0 radical (unpaired) electrons. The molecule has 2 atom stereocenters. The Bertz CT molecular complexity index is 645. The minimum atomic E-state index is -0.158. The molecule has 0 N–H and O–H groups in total. The predicted molar refractivity (Wildman–Crippen MR) is 83.7 cm³/mol. The summed E-state index contributed by atoms with van der Waals surface area (Å²) in [6.07, 6.45) is 5.86. The van der Waals surface area contributed by atoms with Gasteiger partial charge in [-0.1, -0.05) is 0 Å². The Morgan fingerprint density at radius 3 is 2.91 bits per heavy atom. The van der Waals surface area contributed by atoms with Crippen LogP contribution in [0.1, 0.15) is 48.8 Å². The molecule has 1 fully saturated rings. The average molecular weight is 301 g/mol. The monoisotopic (exact) mass is 301 g/mol. The summed E-state index contributed by atoms with van der Waals surface area (Å²) in [5.41, 5.74) is 1.00. The van der Waals surface area contributed by atoms with Gasteiger partial charge < -0.3 is 9.32 Å². The van der Waals surface area contributed by atoms with Crippen LogP contribution in [0.4, 0.5) is 0 Å². The summed E-state index contributed by atoms with van der Waals surface area (Å²) < 4.78 is 7.54. The van der Waals surface area contributed by atoms with Gasteiger partial charge in [-0.25, -0.2) is 0 Å². The highest BCUT2D eigenvalue weighted by Gasteiger charge is 2.29. The summed E-state index contributed by atoms with van der Waals surface area (Å²) in [5, 5.41) is 4.32. The Morgan fingerprint density at radius 2 is 2.27 bits per heavy atom. The molecule has 2 unspecified atom stereocenters. The third-order valence-corrected chi connectivity index (χ3v) is 4.52. The molecule has 5 nitrogen and oxygen atoms in total. The van der Waals surface area contributed by atoms with Gasteiger partial charge in [-0.05, 0) is 45.7 Å². The molecular weight excluding hydrogens is 278 g/mol. The Kier molecular flexibility index (Phi) is 4.05. The first-order valence-electron chi connectivity index (χ1n) is 7.91. The van der Waals surface area contributed by atoms with Gasteiger partial charge in [0.1, 0.15) is 11.5 Å². The van der Waals surface area contributed by atoms with Crippen molar-refractivity contribution < 1.29 is 9.21 Å². The van der Waals surface area contributed by atoms with Crippen LogP contribution < -0.4 is 0 Å². The van der Waals surface area contributed by atoms with E-state index in [-0.39, 0.29) is 17.9 Å². The summed E-state index contributed by atoms with van der Waals surface area (Å²) in [6.45, 7) is 7.38. The van der Waals surface area contributed by atoms with E-state index in [1.54, 1.807) is 6.20 Å². The van der Waals surface area contributed by atoms with Gasteiger partial charge in [0.05, 0.1) is 12.0 Å². The lowest BCUT2D eigenvalue weighted by Crippen LogP contribution is -2.42. The topological polar surface area (TPSA) is 51.3 Å². The fourth-order valence-electron chi connectivity index (χ4n) is 3.35. The number of rotatable bonds is 3. The van der Waals surface area contributed by atoms with Crippen LogP contribution in [0, 0.1) is 13.8 Å². The van der Waals surface area contributed by atoms with Crippen molar-refractivity contribution in [3.63, 3.8) is 0 Å². The molecule has 118 valence electrons. The molecule has 3 heterocycles. The molecular formula is C17H23N3O2. The SMILES string of the molecule is Cc1cc(C(C)C(=O)N2CCCC(n3cccn3)C2)c(C)o1. The number of carbonyl (C=O) groups is 1. The van der Waals surface area contributed by atoms with E-state index in [1.165, 1.54) is 0 Å². The lowest BCUT2D eigenvalue weighted by molar-refractivity contribution is -0.134. The first kappa shape index (κ1) is 14.9. The highest BCUT2D eigenvalue weighted by atomic mass is 16.3. The molecule has 1 aliphatic rings. The number of carbonyl (C=O) groups excluding carboxylic acids is 1. The van der Waals surface area contributed by atoms with Crippen molar-refractivity contribution >= 4 is 5.91 Å². The molecule has 2 aromatic heterocycles. The zero-order valence-corrected chi connectivity index (χ0v) is 13.5. The van der Waals surface area contributed by atoms with E-state index in [2.05, 4.69) is 5.10 Å². The van der Waals surface area contributed by atoms with Gasteiger partial charge in [0.25, 0.3) is 0 Å². The lowest BCUT2D eigenvalue weighted by atomic mass is 9.97. The zero-order chi connectivity index (χ0) is 15.7. The molecule has 0 aliphatic carbocycles. The average Bonchev–Trinajstić information content (AvgIpc) is 3.15. The smallest absolute Gasteiger partial charge is 0.230 e. The third-order valence-electron chi connectivity index (χ3n) is 4.52. The van der Waals surface area contributed by atoms with Gasteiger partial charge in [0.2, 0.25) is 5.91 Å². The molecule has 3 rings (SSSR count). The minimum absolute atomic E-state index is 0.158. The maximum atomic E-state index is 12.8. The number of hydrogen-bond acceptors (Lipinski definition) is 3. The summed E-state index contributed by atoms with van der Waals surface area (Å²) in [7, 11) is 0. The summed E-state index contributed by atoms with van der Waals surface area (Å²) in [4.78, 5) is 14.8. The highest BCUT2D eigenvalue weighted by molar-refractivity contribution is 5.83. The molecule has 1 saturated heterocycles. The number of aromatic nitrogens is 2. The standard InChI is InChI=1S/C17H23N3O2/c1-12-10-16(14(3)22-12)13(2)17(21)19-8-4-6-15(11-19)20-9-5-7-18-20/h5,7,9-10,13,15H,4,6,8,11H2,1-3H3. The molecule has 0 spiro atoms. The van der Waals surface area contributed by atoms with Crippen molar-refractivity contribution in [2.24, 2.45) is 0 Å². The Hall–Kier alpha value is -2.04. The molecule has 1 amide bonds. The summed E-state index contributed by atoms with van der Waals surface area (Å²) >= 11 is 0. The van der Waals surface area contributed by atoms with Crippen LogP contribution in [0.5, 0.6) is 0 Å². The second kappa shape index (κ2) is 5.99. The van der Waals surface area contributed by atoms with Gasteiger partial charge in [0, 0.05) is 31.0 Å². The number of piperidine rings is 1. The van der Waals surface area contributed by atoms with E-state index in [4.69, 9.17) is 4.42 Å². The first-order chi connectivity index (χ1) is 10.6. The van der Waals surface area contributed by atoms with Crippen LogP contribution in [0.25, 0.3) is 0 Å². The molecule has 1 aliphatic heterocycles. The van der Waals surface area contributed by atoms with Crippen molar-refractivity contribution in [1.82, 2.24) is 14.7 Å². The lowest BCUT2D eigenvalue weighted by Gasteiger charge is -2.34. The fourth-order valence-corrected chi connectivity index (χ4v) is 3.35. The van der Waals surface area contributed by atoms with Crippen LogP contribution in [-0.4, -0.2) is 33.7 Å². The summed E-state index contributed by atoms with van der Waals surface area (Å²) in [6, 6.07) is 4.19. The predicted octanol–water partition coefficient (Wildman–Crippen LogP) is 3.06. The molecule has 2 aromatic rings. The molecule has 0 bridgehead atoms. The molecule has 0 aromatic carbocycles. The number of nitrogens with zero attached hydrogens (tertiary/aromatic N) is 3. The van der Waals surface area contributed by atoms with Crippen molar-refractivity contribution in [2.45, 2.75) is 45.6 Å². The van der Waals surface area contributed by atoms with E-state index in [1.807, 2.05) is 48.7 Å². The van der Waals surface area contributed by atoms with Gasteiger partial charge >= 0.3 is 0 Å². The Labute approximate surface area is 130 Å². The molecule has 5 heteroatoms. The van der Waals surface area contributed by atoms with Crippen molar-refractivity contribution in [3.8, 4) is 0 Å². The number of amides is 1. The quantitative estimate of drug-likeness (QED) is 0.875. The second-order valence-corrected chi connectivity index (χ2v) is 6.16. The summed E-state index contributed by atoms with van der Waals surface area (Å²) in [5.74, 6) is 1.73. The maximum Gasteiger partial charge on any atom is 0.230 e. The molecule has 0 saturated carbocycles. The number of aryl methyl sites for hydroxylation is 2. The van der Waals surface area contributed by atoms with E-state index in [9.17, 15) is 4.79 Å². The van der Waals surface area contributed by atoms with Crippen LogP contribution in [0.3, 0.4) is 0 Å². The first-order valence-corrected chi connectivity index (χ1v) is 7.91. The van der Waals surface area contributed by atoms with Gasteiger partial charge in [-0.2, -0.15) is 5.10 Å².